The molecule has 0 aliphatic heterocycles. The van der Waals surface area contributed by atoms with Crippen LogP contribution in [0, 0.1) is 0 Å². The summed E-state index contributed by atoms with van der Waals surface area (Å²) in [6.45, 7) is 0.206. The van der Waals surface area contributed by atoms with Crippen LogP contribution in [0.1, 0.15) is 15.9 Å². The van der Waals surface area contributed by atoms with Crippen molar-refractivity contribution in [3.05, 3.63) is 45.9 Å². The molecule has 2 aromatic carbocycles. The number of carbonyl (C=O) groups is 1. The van der Waals surface area contributed by atoms with E-state index >= 15 is 0 Å². The molecule has 0 spiro atoms. The zero-order valence-corrected chi connectivity index (χ0v) is 16.0. The first kappa shape index (κ1) is 18.9. The van der Waals surface area contributed by atoms with Gasteiger partial charge in [-0.25, -0.2) is 4.79 Å². The van der Waals surface area contributed by atoms with E-state index in [-0.39, 0.29) is 6.61 Å². The largest absolute Gasteiger partial charge is 0.497 e. The van der Waals surface area contributed by atoms with Crippen LogP contribution in [-0.2, 0) is 11.3 Å². The average molecular weight is 411 g/mol. The number of esters is 1. The summed E-state index contributed by atoms with van der Waals surface area (Å²) in [6.07, 6.45) is 0. The summed E-state index contributed by atoms with van der Waals surface area (Å²) in [5.41, 5.74) is 1.15. The lowest BCUT2D eigenvalue weighted by Crippen LogP contribution is -2.06. The molecule has 0 fully saturated rings. The van der Waals surface area contributed by atoms with E-state index in [1.807, 2.05) is 0 Å². The number of carbonyl (C=O) groups excluding carboxylic acids is 1. The molecular weight excluding hydrogens is 392 g/mol. The quantitative estimate of drug-likeness (QED) is 0.646. The van der Waals surface area contributed by atoms with Gasteiger partial charge in [0.2, 0.25) is 0 Å². The van der Waals surface area contributed by atoms with Gasteiger partial charge in [-0.1, -0.05) is 15.9 Å². The fourth-order valence-electron chi connectivity index (χ4n) is 2.19. The standard InChI is InChI=1S/C18H19BrO6/c1-21-12-5-6-13(18(20)24-4)15(8-12)25-10-11-7-16(22-2)17(23-3)9-14(11)19/h5-9H,10H2,1-4H3. The van der Waals surface area contributed by atoms with E-state index in [2.05, 4.69) is 15.9 Å². The van der Waals surface area contributed by atoms with Gasteiger partial charge >= 0.3 is 5.97 Å². The molecule has 0 saturated carbocycles. The second-order valence-electron chi connectivity index (χ2n) is 4.94. The zero-order valence-electron chi connectivity index (χ0n) is 14.4. The van der Waals surface area contributed by atoms with Gasteiger partial charge in [-0.15, -0.1) is 0 Å². The molecular formula is C18H19BrO6. The normalized spacial score (nSPS) is 10.1. The number of methoxy groups -OCH3 is 4. The smallest absolute Gasteiger partial charge is 0.341 e. The second-order valence-corrected chi connectivity index (χ2v) is 5.80. The van der Waals surface area contributed by atoms with Crippen LogP contribution in [-0.4, -0.2) is 34.4 Å². The summed E-state index contributed by atoms with van der Waals surface area (Å²) in [5.74, 6) is 1.66. The van der Waals surface area contributed by atoms with E-state index in [1.54, 1.807) is 51.7 Å². The van der Waals surface area contributed by atoms with Crippen molar-refractivity contribution in [2.75, 3.05) is 28.4 Å². The molecule has 0 N–H and O–H groups in total. The summed E-state index contributed by atoms with van der Waals surface area (Å²) >= 11 is 3.48. The lowest BCUT2D eigenvalue weighted by molar-refractivity contribution is 0.0595. The number of halogens is 1. The highest BCUT2D eigenvalue weighted by Gasteiger charge is 2.16. The molecule has 6 nitrogen and oxygen atoms in total. The minimum Gasteiger partial charge on any atom is -0.497 e. The molecule has 2 rings (SSSR count). The molecule has 0 aliphatic carbocycles. The SMILES string of the molecule is COC(=O)c1ccc(OC)cc1OCc1cc(OC)c(OC)cc1Br. The summed E-state index contributed by atoms with van der Waals surface area (Å²) < 4.78 is 27.2. The molecule has 7 heteroatoms. The van der Waals surface area contributed by atoms with Crippen LogP contribution in [0.2, 0.25) is 0 Å². The van der Waals surface area contributed by atoms with Gasteiger partial charge in [-0.05, 0) is 24.3 Å². The van der Waals surface area contributed by atoms with E-state index in [4.69, 9.17) is 23.7 Å². The lowest BCUT2D eigenvalue weighted by atomic mass is 10.2. The minimum atomic E-state index is -0.482. The monoisotopic (exact) mass is 410 g/mol. The Morgan fingerprint density at radius 2 is 1.60 bits per heavy atom. The summed E-state index contributed by atoms with van der Waals surface area (Å²) in [7, 11) is 6.00. The Labute approximate surface area is 154 Å². The van der Waals surface area contributed by atoms with Crippen LogP contribution in [0.15, 0.2) is 34.8 Å². The van der Waals surface area contributed by atoms with Crippen molar-refractivity contribution in [3.63, 3.8) is 0 Å². The van der Waals surface area contributed by atoms with Gasteiger partial charge in [0.05, 0.1) is 28.4 Å². The molecule has 134 valence electrons. The maximum atomic E-state index is 11.9. The van der Waals surface area contributed by atoms with Gasteiger partial charge in [0.1, 0.15) is 23.7 Å². The van der Waals surface area contributed by atoms with Crippen molar-refractivity contribution >= 4 is 21.9 Å². The highest BCUT2D eigenvalue weighted by atomic mass is 79.9. The van der Waals surface area contributed by atoms with Gasteiger partial charge in [-0.2, -0.15) is 0 Å². The van der Waals surface area contributed by atoms with Crippen molar-refractivity contribution < 1.29 is 28.5 Å². The van der Waals surface area contributed by atoms with Gasteiger partial charge in [0.15, 0.2) is 11.5 Å². The Morgan fingerprint density at radius 3 is 2.20 bits per heavy atom. The number of benzene rings is 2. The maximum Gasteiger partial charge on any atom is 0.341 e. The van der Waals surface area contributed by atoms with Crippen LogP contribution < -0.4 is 18.9 Å². The molecule has 2 aromatic rings. The molecule has 0 saturated heterocycles. The molecule has 0 radical (unpaired) electrons. The lowest BCUT2D eigenvalue weighted by Gasteiger charge is -2.15. The number of ether oxygens (including phenoxy) is 5. The molecule has 0 amide bonds. The van der Waals surface area contributed by atoms with Crippen LogP contribution in [0.5, 0.6) is 23.0 Å². The third-order valence-electron chi connectivity index (χ3n) is 3.53. The van der Waals surface area contributed by atoms with E-state index in [9.17, 15) is 4.79 Å². The predicted molar refractivity (Wildman–Crippen MR) is 95.9 cm³/mol. The zero-order chi connectivity index (χ0) is 18.4. The van der Waals surface area contributed by atoms with Crippen molar-refractivity contribution in [3.8, 4) is 23.0 Å². The van der Waals surface area contributed by atoms with Crippen molar-refractivity contribution in [2.24, 2.45) is 0 Å². The van der Waals surface area contributed by atoms with E-state index in [0.717, 1.165) is 10.0 Å². The van der Waals surface area contributed by atoms with Crippen LogP contribution in [0.4, 0.5) is 0 Å². The van der Waals surface area contributed by atoms with Crippen LogP contribution in [0.3, 0.4) is 0 Å². The summed E-state index contributed by atoms with van der Waals surface area (Å²) in [5, 5.41) is 0. The Hall–Kier alpha value is -2.41. The van der Waals surface area contributed by atoms with Crippen molar-refractivity contribution in [1.29, 1.82) is 0 Å². The first-order valence-electron chi connectivity index (χ1n) is 7.33. The Kier molecular flexibility index (Phi) is 6.52. The highest BCUT2D eigenvalue weighted by molar-refractivity contribution is 9.10. The van der Waals surface area contributed by atoms with Gasteiger partial charge < -0.3 is 23.7 Å². The molecule has 0 bridgehead atoms. The summed E-state index contributed by atoms with van der Waals surface area (Å²) in [4.78, 5) is 11.9. The average Bonchev–Trinajstić information content (AvgIpc) is 2.65. The molecule has 0 atom stereocenters. The predicted octanol–water partition coefficient (Wildman–Crippen LogP) is 3.84. The maximum absolute atomic E-state index is 11.9. The minimum absolute atomic E-state index is 0.206. The van der Waals surface area contributed by atoms with Gasteiger partial charge in [0, 0.05) is 16.1 Å². The fourth-order valence-corrected chi connectivity index (χ4v) is 2.63. The number of hydrogen-bond donors (Lipinski definition) is 0. The van der Waals surface area contributed by atoms with Crippen molar-refractivity contribution in [1.82, 2.24) is 0 Å². The second kappa shape index (κ2) is 8.62. The number of hydrogen-bond acceptors (Lipinski definition) is 6. The molecule has 0 unspecified atom stereocenters. The number of rotatable bonds is 7. The molecule has 0 aromatic heterocycles. The van der Waals surface area contributed by atoms with E-state index in [0.29, 0.717) is 28.6 Å². The van der Waals surface area contributed by atoms with Gasteiger partial charge in [-0.3, -0.25) is 0 Å². The van der Waals surface area contributed by atoms with E-state index < -0.39 is 5.97 Å². The highest BCUT2D eigenvalue weighted by Crippen LogP contribution is 2.34. The molecule has 0 aliphatic rings. The van der Waals surface area contributed by atoms with Crippen molar-refractivity contribution in [2.45, 2.75) is 6.61 Å². The Bertz CT molecular complexity index is 759. The third-order valence-corrected chi connectivity index (χ3v) is 4.27. The fraction of sp³-hybridized carbons (Fsp3) is 0.278. The summed E-state index contributed by atoms with van der Waals surface area (Å²) in [6, 6.07) is 8.52. The third kappa shape index (κ3) is 4.36. The van der Waals surface area contributed by atoms with Gasteiger partial charge in [0.25, 0.3) is 0 Å². The first-order valence-corrected chi connectivity index (χ1v) is 8.12. The van der Waals surface area contributed by atoms with Crippen LogP contribution in [0.25, 0.3) is 0 Å². The Morgan fingerprint density at radius 1 is 0.920 bits per heavy atom. The van der Waals surface area contributed by atoms with E-state index in [1.165, 1.54) is 7.11 Å². The molecule has 25 heavy (non-hydrogen) atoms. The molecule has 0 heterocycles. The first-order chi connectivity index (χ1) is 12.0. The topological polar surface area (TPSA) is 63.2 Å². The van der Waals surface area contributed by atoms with Crippen LogP contribution >= 0.6 is 15.9 Å². The Balaban J connectivity index is 2.30.